The number of halogens is 1. The van der Waals surface area contributed by atoms with E-state index in [1.54, 1.807) is 36.4 Å². The SMILES string of the molecule is COc1ccc(C(=O)CSc2nnc(N/N=C/c3ccccc3F)n2N)cc1OC. The number of aromatic nitrogens is 3. The number of hydrogen-bond donors (Lipinski definition) is 2. The van der Waals surface area contributed by atoms with Gasteiger partial charge in [-0.25, -0.2) is 14.5 Å². The maximum atomic E-state index is 13.6. The monoisotopic (exact) mass is 430 g/mol. The summed E-state index contributed by atoms with van der Waals surface area (Å²) < 4.78 is 25.1. The second-order valence-corrected chi connectivity index (χ2v) is 6.79. The summed E-state index contributed by atoms with van der Waals surface area (Å²) in [6.07, 6.45) is 1.30. The van der Waals surface area contributed by atoms with Gasteiger partial charge in [0.2, 0.25) is 5.16 Å². The molecule has 1 heterocycles. The molecule has 0 spiro atoms. The van der Waals surface area contributed by atoms with E-state index in [0.717, 1.165) is 16.4 Å². The zero-order valence-corrected chi connectivity index (χ0v) is 17.0. The molecule has 1 aromatic heterocycles. The standard InChI is InChI=1S/C19H19FN6O3S/c1-28-16-8-7-12(9-17(16)29-2)15(27)11-30-19-25-24-18(26(19)21)23-22-10-13-5-3-4-6-14(13)20/h3-10H,11,21H2,1-2H3,(H,23,24)/b22-10+. The number of methoxy groups -OCH3 is 2. The van der Waals surface area contributed by atoms with E-state index < -0.39 is 5.82 Å². The van der Waals surface area contributed by atoms with E-state index in [9.17, 15) is 9.18 Å². The molecule has 0 aliphatic rings. The number of thioether (sulfide) groups is 1. The lowest BCUT2D eigenvalue weighted by atomic mass is 10.1. The lowest BCUT2D eigenvalue weighted by Gasteiger charge is -2.09. The summed E-state index contributed by atoms with van der Waals surface area (Å²) in [6, 6.07) is 11.1. The van der Waals surface area contributed by atoms with Gasteiger partial charge in [-0.3, -0.25) is 4.79 Å². The Labute approximate surface area is 176 Å². The van der Waals surface area contributed by atoms with Crippen molar-refractivity contribution in [1.82, 2.24) is 14.9 Å². The Bertz CT molecular complexity index is 1070. The zero-order valence-electron chi connectivity index (χ0n) is 16.2. The number of nitrogens with one attached hydrogen (secondary N) is 1. The van der Waals surface area contributed by atoms with E-state index in [-0.39, 0.29) is 17.5 Å². The predicted molar refractivity (Wildman–Crippen MR) is 112 cm³/mol. The molecule has 0 fully saturated rings. The number of nitrogen functional groups attached to an aromatic ring is 1. The number of benzene rings is 2. The summed E-state index contributed by atoms with van der Waals surface area (Å²) in [5.74, 6) is 6.62. The highest BCUT2D eigenvalue weighted by Crippen LogP contribution is 2.28. The largest absolute Gasteiger partial charge is 0.493 e. The molecule has 156 valence electrons. The van der Waals surface area contributed by atoms with Crippen molar-refractivity contribution in [3.8, 4) is 11.5 Å². The molecule has 30 heavy (non-hydrogen) atoms. The number of carbonyl (C=O) groups is 1. The Hall–Kier alpha value is -3.60. The maximum absolute atomic E-state index is 13.6. The van der Waals surface area contributed by atoms with Crippen molar-refractivity contribution < 1.29 is 18.7 Å². The first-order valence-electron chi connectivity index (χ1n) is 8.65. The van der Waals surface area contributed by atoms with Crippen molar-refractivity contribution in [3.63, 3.8) is 0 Å². The molecule has 0 amide bonds. The highest BCUT2D eigenvalue weighted by Gasteiger charge is 2.15. The van der Waals surface area contributed by atoms with Gasteiger partial charge in [0, 0.05) is 11.1 Å². The lowest BCUT2D eigenvalue weighted by molar-refractivity contribution is 0.102. The van der Waals surface area contributed by atoms with Gasteiger partial charge >= 0.3 is 0 Å². The van der Waals surface area contributed by atoms with Crippen LogP contribution in [0.1, 0.15) is 15.9 Å². The molecule has 3 rings (SSSR count). The zero-order chi connectivity index (χ0) is 21.5. The fourth-order valence-corrected chi connectivity index (χ4v) is 3.17. The number of hydrogen-bond acceptors (Lipinski definition) is 9. The van der Waals surface area contributed by atoms with Gasteiger partial charge in [0.25, 0.3) is 5.95 Å². The van der Waals surface area contributed by atoms with Crippen LogP contribution in [0.3, 0.4) is 0 Å². The number of Topliss-reactive ketones (excluding diaryl/α,β-unsaturated/α-hetero) is 1. The molecule has 3 aromatic rings. The molecular weight excluding hydrogens is 411 g/mol. The van der Waals surface area contributed by atoms with Crippen molar-refractivity contribution in [1.29, 1.82) is 0 Å². The van der Waals surface area contributed by atoms with E-state index in [1.807, 2.05) is 0 Å². The van der Waals surface area contributed by atoms with Crippen molar-refractivity contribution in [2.75, 3.05) is 31.2 Å². The van der Waals surface area contributed by atoms with Crippen molar-refractivity contribution in [2.45, 2.75) is 5.16 Å². The van der Waals surface area contributed by atoms with Crippen LogP contribution in [0.25, 0.3) is 0 Å². The molecule has 0 aliphatic carbocycles. The number of hydrazone groups is 1. The number of ether oxygens (including phenoxy) is 2. The number of nitrogens with zero attached hydrogens (tertiary/aromatic N) is 4. The lowest BCUT2D eigenvalue weighted by Crippen LogP contribution is -2.14. The molecule has 0 saturated carbocycles. The van der Waals surface area contributed by atoms with Gasteiger partial charge < -0.3 is 15.3 Å². The van der Waals surface area contributed by atoms with Crippen LogP contribution in [0.5, 0.6) is 11.5 Å². The van der Waals surface area contributed by atoms with Crippen LogP contribution in [0, 0.1) is 5.82 Å². The van der Waals surface area contributed by atoms with Crippen LogP contribution in [-0.4, -0.2) is 46.8 Å². The Kier molecular flexibility index (Phi) is 6.86. The van der Waals surface area contributed by atoms with Crippen LogP contribution >= 0.6 is 11.8 Å². The van der Waals surface area contributed by atoms with Crippen molar-refractivity contribution in [3.05, 3.63) is 59.4 Å². The van der Waals surface area contributed by atoms with Crippen LogP contribution in [0.4, 0.5) is 10.3 Å². The van der Waals surface area contributed by atoms with Gasteiger partial charge in [-0.2, -0.15) is 5.10 Å². The van der Waals surface area contributed by atoms with Crippen LogP contribution < -0.4 is 20.7 Å². The van der Waals surface area contributed by atoms with E-state index in [0.29, 0.717) is 27.8 Å². The Morgan fingerprint density at radius 3 is 2.73 bits per heavy atom. The summed E-state index contributed by atoms with van der Waals surface area (Å²) in [7, 11) is 3.02. The second-order valence-electron chi connectivity index (χ2n) is 5.85. The number of carbonyl (C=O) groups excluding carboxylic acids is 1. The summed E-state index contributed by atoms with van der Waals surface area (Å²) >= 11 is 1.12. The fraction of sp³-hybridized carbons (Fsp3) is 0.158. The van der Waals surface area contributed by atoms with Gasteiger partial charge in [0.15, 0.2) is 17.3 Å². The minimum atomic E-state index is -0.401. The van der Waals surface area contributed by atoms with Crippen molar-refractivity contribution >= 4 is 29.7 Å². The van der Waals surface area contributed by atoms with Gasteiger partial charge in [-0.15, -0.1) is 10.2 Å². The van der Waals surface area contributed by atoms with Gasteiger partial charge in [0.05, 0.1) is 26.2 Å². The summed E-state index contributed by atoms with van der Waals surface area (Å²) in [5, 5.41) is 12.0. The van der Waals surface area contributed by atoms with Gasteiger partial charge in [-0.05, 0) is 24.3 Å². The maximum Gasteiger partial charge on any atom is 0.264 e. The third-order valence-corrected chi connectivity index (χ3v) is 4.92. The first kappa shape index (κ1) is 21.1. The van der Waals surface area contributed by atoms with Crippen LogP contribution in [0.15, 0.2) is 52.7 Å². The molecule has 3 N–H and O–H groups in total. The van der Waals surface area contributed by atoms with E-state index >= 15 is 0 Å². The number of ketones is 1. The third kappa shape index (κ3) is 4.87. The average Bonchev–Trinajstić information content (AvgIpc) is 3.12. The number of rotatable bonds is 9. The smallest absolute Gasteiger partial charge is 0.264 e. The Morgan fingerprint density at radius 2 is 2.00 bits per heavy atom. The highest BCUT2D eigenvalue weighted by atomic mass is 32.2. The molecule has 0 saturated heterocycles. The van der Waals surface area contributed by atoms with Gasteiger partial charge in [-0.1, -0.05) is 30.0 Å². The number of anilines is 1. The third-order valence-electron chi connectivity index (χ3n) is 3.98. The molecule has 11 heteroatoms. The first-order chi connectivity index (χ1) is 14.5. The topological polar surface area (TPSA) is 117 Å². The average molecular weight is 430 g/mol. The molecular formula is C19H19FN6O3S. The minimum absolute atomic E-state index is 0.0866. The predicted octanol–water partition coefficient (Wildman–Crippen LogP) is 2.57. The summed E-state index contributed by atoms with van der Waals surface area (Å²) in [6.45, 7) is 0. The molecule has 0 radical (unpaired) electrons. The van der Waals surface area contributed by atoms with Crippen LogP contribution in [0.2, 0.25) is 0 Å². The summed E-state index contributed by atoms with van der Waals surface area (Å²) in [5.41, 5.74) is 3.37. The normalized spacial score (nSPS) is 10.9. The van der Waals surface area contributed by atoms with Crippen LogP contribution in [-0.2, 0) is 0 Å². The number of nitrogens with two attached hydrogens (primary N) is 1. The van der Waals surface area contributed by atoms with E-state index in [2.05, 4.69) is 20.7 Å². The Balaban J connectivity index is 1.61. The molecule has 0 bridgehead atoms. The van der Waals surface area contributed by atoms with Crippen molar-refractivity contribution in [2.24, 2.45) is 5.10 Å². The van der Waals surface area contributed by atoms with E-state index in [1.165, 1.54) is 26.5 Å². The summed E-state index contributed by atoms with van der Waals surface area (Å²) in [4.78, 5) is 12.5. The quantitative estimate of drug-likeness (QED) is 0.175. The van der Waals surface area contributed by atoms with E-state index in [4.69, 9.17) is 15.3 Å². The second kappa shape index (κ2) is 9.74. The van der Waals surface area contributed by atoms with Gasteiger partial charge in [0.1, 0.15) is 5.82 Å². The Morgan fingerprint density at radius 1 is 1.23 bits per heavy atom. The molecule has 9 nitrogen and oxygen atoms in total. The molecule has 0 atom stereocenters. The molecule has 0 unspecified atom stereocenters. The minimum Gasteiger partial charge on any atom is -0.493 e. The molecule has 2 aromatic carbocycles. The fourth-order valence-electron chi connectivity index (χ4n) is 2.41. The first-order valence-corrected chi connectivity index (χ1v) is 9.64. The highest BCUT2D eigenvalue weighted by molar-refractivity contribution is 7.99. The molecule has 0 aliphatic heterocycles.